The van der Waals surface area contributed by atoms with Crippen molar-refractivity contribution in [3.8, 4) is 0 Å². The summed E-state index contributed by atoms with van der Waals surface area (Å²) in [5, 5.41) is 14.5. The highest BCUT2D eigenvalue weighted by Crippen LogP contribution is 2.30. The van der Waals surface area contributed by atoms with Crippen LogP contribution in [0.4, 0.5) is 16.5 Å². The molecule has 0 spiro atoms. The lowest BCUT2D eigenvalue weighted by atomic mass is 10.1. The Morgan fingerprint density at radius 3 is 2.69 bits per heavy atom. The van der Waals surface area contributed by atoms with Gasteiger partial charge in [-0.1, -0.05) is 24.3 Å². The molecular formula is C18H18N4O3S. The fourth-order valence-electron chi connectivity index (χ4n) is 2.60. The number of hydrogen-bond acceptors (Lipinski definition) is 6. The average Bonchev–Trinajstić information content (AvgIpc) is 3.02. The molecule has 134 valence electrons. The van der Waals surface area contributed by atoms with Gasteiger partial charge in [0.1, 0.15) is 5.69 Å². The van der Waals surface area contributed by atoms with E-state index in [0.29, 0.717) is 10.8 Å². The van der Waals surface area contributed by atoms with E-state index in [2.05, 4.69) is 23.3 Å². The topological polar surface area (TPSA) is 88.4 Å². The van der Waals surface area contributed by atoms with E-state index in [4.69, 9.17) is 0 Å². The molecule has 0 fully saturated rings. The maximum absolute atomic E-state index is 12.5. The van der Waals surface area contributed by atoms with Gasteiger partial charge in [0.05, 0.1) is 15.1 Å². The van der Waals surface area contributed by atoms with Crippen molar-refractivity contribution in [3.05, 3.63) is 57.6 Å². The molecule has 8 heteroatoms. The van der Waals surface area contributed by atoms with Crippen LogP contribution in [0.2, 0.25) is 0 Å². The quantitative estimate of drug-likeness (QED) is 0.540. The summed E-state index contributed by atoms with van der Waals surface area (Å²) < 4.78 is 0.994. The summed E-state index contributed by atoms with van der Waals surface area (Å²) in [4.78, 5) is 29.3. The van der Waals surface area contributed by atoms with E-state index in [1.165, 1.54) is 23.0 Å². The van der Waals surface area contributed by atoms with E-state index in [0.717, 1.165) is 16.6 Å². The lowest BCUT2D eigenvalue weighted by Crippen LogP contribution is -2.14. The molecular weight excluding hydrogens is 352 g/mol. The van der Waals surface area contributed by atoms with Gasteiger partial charge in [-0.25, -0.2) is 4.98 Å². The van der Waals surface area contributed by atoms with Crippen molar-refractivity contribution in [1.29, 1.82) is 0 Å². The largest absolute Gasteiger partial charge is 0.372 e. The average molecular weight is 370 g/mol. The third kappa shape index (κ3) is 3.50. The normalized spacial score (nSPS) is 10.7. The minimum absolute atomic E-state index is 0.112. The van der Waals surface area contributed by atoms with Gasteiger partial charge in [0, 0.05) is 25.7 Å². The van der Waals surface area contributed by atoms with Crippen molar-refractivity contribution in [2.45, 2.75) is 13.3 Å². The number of amides is 1. The highest BCUT2D eigenvalue weighted by atomic mass is 32.1. The maximum atomic E-state index is 12.5. The summed E-state index contributed by atoms with van der Waals surface area (Å²) in [5.74, 6) is -0.423. The number of nitro benzene ring substituents is 1. The number of aryl methyl sites for hydroxylation is 1. The van der Waals surface area contributed by atoms with E-state index in [9.17, 15) is 14.9 Å². The summed E-state index contributed by atoms with van der Waals surface area (Å²) in [7, 11) is 3.43. The van der Waals surface area contributed by atoms with Crippen LogP contribution in [0.5, 0.6) is 0 Å². The van der Waals surface area contributed by atoms with E-state index in [-0.39, 0.29) is 11.3 Å². The Labute approximate surface area is 154 Å². The number of thiazole rings is 1. The number of benzene rings is 2. The van der Waals surface area contributed by atoms with Crippen LogP contribution in [-0.4, -0.2) is 29.9 Å². The van der Waals surface area contributed by atoms with Crippen LogP contribution in [-0.2, 0) is 6.42 Å². The fourth-order valence-corrected chi connectivity index (χ4v) is 3.53. The first-order valence-electron chi connectivity index (χ1n) is 8.05. The molecule has 1 amide bonds. The third-order valence-corrected chi connectivity index (χ3v) is 4.93. The van der Waals surface area contributed by atoms with Gasteiger partial charge in [0.25, 0.3) is 11.6 Å². The van der Waals surface area contributed by atoms with Crippen molar-refractivity contribution < 1.29 is 9.72 Å². The van der Waals surface area contributed by atoms with Gasteiger partial charge in [-0.15, -0.1) is 0 Å². The minimum Gasteiger partial charge on any atom is -0.372 e. The Hall–Kier alpha value is -3.00. The second-order valence-corrected chi connectivity index (χ2v) is 7.01. The molecule has 7 nitrogen and oxygen atoms in total. The first-order chi connectivity index (χ1) is 12.4. The zero-order valence-corrected chi connectivity index (χ0v) is 15.5. The van der Waals surface area contributed by atoms with Crippen LogP contribution in [0.1, 0.15) is 22.8 Å². The van der Waals surface area contributed by atoms with Crippen molar-refractivity contribution >= 4 is 44.0 Å². The number of aromatic nitrogens is 1. The number of carbonyl (C=O) groups excluding carboxylic acids is 1. The third-order valence-electron chi connectivity index (χ3n) is 4.00. The predicted molar refractivity (Wildman–Crippen MR) is 104 cm³/mol. The Morgan fingerprint density at radius 2 is 2.04 bits per heavy atom. The molecule has 3 aromatic rings. The van der Waals surface area contributed by atoms with Crippen LogP contribution < -0.4 is 10.2 Å². The van der Waals surface area contributed by atoms with Crippen molar-refractivity contribution in [2.75, 3.05) is 24.3 Å². The monoisotopic (exact) mass is 370 g/mol. The summed E-state index contributed by atoms with van der Waals surface area (Å²) in [6, 6.07) is 10.4. The molecule has 26 heavy (non-hydrogen) atoms. The number of nitrogens with zero attached hydrogens (tertiary/aromatic N) is 3. The summed E-state index contributed by atoms with van der Waals surface area (Å²) in [6.45, 7) is 2.08. The summed E-state index contributed by atoms with van der Waals surface area (Å²) >= 11 is 1.38. The first-order valence-corrected chi connectivity index (χ1v) is 8.87. The number of carbonyl (C=O) groups is 1. The molecule has 0 radical (unpaired) electrons. The molecule has 0 unspecified atom stereocenters. The first kappa shape index (κ1) is 17.8. The van der Waals surface area contributed by atoms with Crippen molar-refractivity contribution in [1.82, 2.24) is 4.98 Å². The van der Waals surface area contributed by atoms with Gasteiger partial charge in [-0.05, 0) is 36.2 Å². The zero-order valence-electron chi connectivity index (χ0n) is 14.6. The maximum Gasteiger partial charge on any atom is 0.293 e. The van der Waals surface area contributed by atoms with Crippen LogP contribution >= 0.6 is 11.3 Å². The molecule has 2 aromatic carbocycles. The molecule has 0 aliphatic rings. The minimum atomic E-state index is -0.490. The molecule has 0 aliphatic carbocycles. The SMILES string of the molecule is CCc1ccc2nc(NC(=O)c3ccc(N(C)C)c([N+](=O)[O-])c3)sc2c1. The lowest BCUT2D eigenvalue weighted by Gasteiger charge is -2.13. The van der Waals surface area contributed by atoms with Crippen LogP contribution in [0, 0.1) is 10.1 Å². The van der Waals surface area contributed by atoms with Crippen molar-refractivity contribution in [3.63, 3.8) is 0 Å². The molecule has 1 N–H and O–H groups in total. The van der Waals surface area contributed by atoms with Gasteiger partial charge in [0.15, 0.2) is 5.13 Å². The molecule has 3 rings (SSSR count). The Balaban J connectivity index is 1.88. The Morgan fingerprint density at radius 1 is 1.27 bits per heavy atom. The van der Waals surface area contributed by atoms with Gasteiger partial charge >= 0.3 is 0 Å². The molecule has 0 aliphatic heterocycles. The molecule has 1 heterocycles. The lowest BCUT2D eigenvalue weighted by molar-refractivity contribution is -0.384. The van der Waals surface area contributed by atoms with E-state index >= 15 is 0 Å². The number of nitro groups is 1. The molecule has 0 saturated carbocycles. The summed E-state index contributed by atoms with van der Waals surface area (Å²) in [6.07, 6.45) is 0.928. The Kier molecular flexibility index (Phi) is 4.85. The highest BCUT2D eigenvalue weighted by molar-refractivity contribution is 7.22. The van der Waals surface area contributed by atoms with Gasteiger partial charge < -0.3 is 4.90 Å². The van der Waals surface area contributed by atoms with Crippen molar-refractivity contribution in [2.24, 2.45) is 0 Å². The van der Waals surface area contributed by atoms with Gasteiger partial charge in [0.2, 0.25) is 0 Å². The molecule has 0 bridgehead atoms. The number of rotatable bonds is 5. The fraction of sp³-hybridized carbons (Fsp3) is 0.222. The summed E-state index contributed by atoms with van der Waals surface area (Å²) in [5.41, 5.74) is 2.57. The van der Waals surface area contributed by atoms with Crippen LogP contribution in [0.25, 0.3) is 10.2 Å². The van der Waals surface area contributed by atoms with E-state index in [1.807, 2.05) is 12.1 Å². The van der Waals surface area contributed by atoms with Gasteiger partial charge in [-0.3, -0.25) is 20.2 Å². The smallest absolute Gasteiger partial charge is 0.293 e. The second-order valence-electron chi connectivity index (χ2n) is 5.98. The van der Waals surface area contributed by atoms with Crippen LogP contribution in [0.15, 0.2) is 36.4 Å². The number of anilines is 2. The standard InChI is InChI=1S/C18H18N4O3S/c1-4-11-5-7-13-16(9-11)26-18(19-13)20-17(23)12-6-8-14(21(2)3)15(10-12)22(24)25/h5-10H,4H2,1-3H3,(H,19,20,23). The molecule has 0 saturated heterocycles. The number of nitrogens with one attached hydrogen (secondary N) is 1. The Bertz CT molecular complexity index is 997. The second kappa shape index (κ2) is 7.09. The predicted octanol–water partition coefficient (Wildman–Crippen LogP) is 4.09. The number of fused-ring (bicyclic) bond motifs is 1. The molecule has 1 aromatic heterocycles. The zero-order chi connectivity index (χ0) is 18.8. The number of hydrogen-bond donors (Lipinski definition) is 1. The van der Waals surface area contributed by atoms with E-state index < -0.39 is 10.8 Å². The highest BCUT2D eigenvalue weighted by Gasteiger charge is 2.19. The van der Waals surface area contributed by atoms with E-state index in [1.54, 1.807) is 31.1 Å². The van der Waals surface area contributed by atoms with Gasteiger partial charge in [-0.2, -0.15) is 0 Å². The van der Waals surface area contributed by atoms with Crippen LogP contribution in [0.3, 0.4) is 0 Å². The molecule has 0 atom stereocenters.